The van der Waals surface area contributed by atoms with Crippen LogP contribution in [0.4, 0.5) is 5.82 Å². The number of esters is 1. The summed E-state index contributed by atoms with van der Waals surface area (Å²) in [6, 6.07) is 3.22. The number of methoxy groups -OCH3 is 1. The molecule has 0 aliphatic carbocycles. The average Bonchev–Trinajstić information content (AvgIpc) is 2.37. The molecule has 1 rings (SSSR count). The van der Waals surface area contributed by atoms with Gasteiger partial charge in [0.2, 0.25) is 0 Å². The minimum atomic E-state index is -0.891. The van der Waals surface area contributed by atoms with Crippen molar-refractivity contribution in [2.45, 2.75) is 6.92 Å². The van der Waals surface area contributed by atoms with Crippen LogP contribution in [0.25, 0.3) is 0 Å². The van der Waals surface area contributed by atoms with Crippen LogP contribution in [0.15, 0.2) is 18.3 Å². The van der Waals surface area contributed by atoms with E-state index in [9.17, 15) is 9.59 Å². The van der Waals surface area contributed by atoms with Gasteiger partial charge >= 0.3 is 11.9 Å². The maximum absolute atomic E-state index is 11.6. The molecule has 0 bridgehead atoms. The lowest BCUT2D eigenvalue weighted by molar-refractivity contribution is -0.140. The number of hydrogen-bond acceptors (Lipinski definition) is 5. The molecule has 18 heavy (non-hydrogen) atoms. The lowest BCUT2D eigenvalue weighted by Gasteiger charge is -2.22. The first kappa shape index (κ1) is 14.0. The number of anilines is 1. The van der Waals surface area contributed by atoms with Gasteiger partial charge in [0.15, 0.2) is 0 Å². The highest BCUT2D eigenvalue weighted by atomic mass is 16.5. The number of pyridine rings is 1. The molecule has 1 unspecified atom stereocenters. The Labute approximate surface area is 105 Å². The minimum absolute atomic E-state index is 0.260. The van der Waals surface area contributed by atoms with Crippen molar-refractivity contribution >= 4 is 17.8 Å². The SMILES string of the molecule is COC(=O)c1cccnc1N(C)CC(C)C(=O)O. The highest BCUT2D eigenvalue weighted by molar-refractivity contribution is 5.94. The molecule has 6 heteroatoms. The van der Waals surface area contributed by atoms with Gasteiger partial charge in [-0.2, -0.15) is 0 Å². The van der Waals surface area contributed by atoms with E-state index in [0.717, 1.165) is 0 Å². The predicted octanol–water partition coefficient (Wildman–Crippen LogP) is 1.03. The Bertz CT molecular complexity index is 447. The zero-order valence-corrected chi connectivity index (χ0v) is 10.6. The van der Waals surface area contributed by atoms with E-state index in [2.05, 4.69) is 9.72 Å². The Kier molecular flexibility index (Phi) is 4.65. The van der Waals surface area contributed by atoms with Crippen LogP contribution in [-0.2, 0) is 9.53 Å². The lowest BCUT2D eigenvalue weighted by atomic mass is 10.1. The second-order valence-electron chi connectivity index (χ2n) is 3.99. The number of rotatable bonds is 5. The maximum atomic E-state index is 11.6. The van der Waals surface area contributed by atoms with Crippen molar-refractivity contribution in [1.82, 2.24) is 4.98 Å². The molecule has 0 aromatic carbocycles. The fourth-order valence-corrected chi connectivity index (χ4v) is 1.55. The largest absolute Gasteiger partial charge is 0.481 e. The van der Waals surface area contributed by atoms with Crippen LogP contribution in [-0.4, -0.2) is 42.7 Å². The topological polar surface area (TPSA) is 79.7 Å². The van der Waals surface area contributed by atoms with E-state index in [0.29, 0.717) is 11.4 Å². The minimum Gasteiger partial charge on any atom is -0.481 e. The molecule has 0 aliphatic heterocycles. The summed E-state index contributed by atoms with van der Waals surface area (Å²) >= 11 is 0. The Morgan fingerprint density at radius 2 is 2.22 bits per heavy atom. The number of carboxylic acids is 1. The van der Waals surface area contributed by atoms with E-state index < -0.39 is 17.9 Å². The van der Waals surface area contributed by atoms with Gasteiger partial charge in [0.25, 0.3) is 0 Å². The summed E-state index contributed by atoms with van der Waals surface area (Å²) in [5.74, 6) is -1.52. The lowest BCUT2D eigenvalue weighted by Crippen LogP contribution is -2.30. The van der Waals surface area contributed by atoms with Crippen molar-refractivity contribution in [3.05, 3.63) is 23.9 Å². The number of carbonyl (C=O) groups is 2. The second-order valence-corrected chi connectivity index (χ2v) is 3.99. The number of aromatic nitrogens is 1. The Hall–Kier alpha value is -2.11. The van der Waals surface area contributed by atoms with Gasteiger partial charge in [0.05, 0.1) is 13.0 Å². The predicted molar refractivity (Wildman–Crippen MR) is 65.6 cm³/mol. The smallest absolute Gasteiger partial charge is 0.341 e. The Morgan fingerprint density at radius 1 is 1.56 bits per heavy atom. The van der Waals surface area contributed by atoms with Gasteiger partial charge < -0.3 is 14.7 Å². The number of nitrogens with zero attached hydrogens (tertiary/aromatic N) is 2. The van der Waals surface area contributed by atoms with Crippen LogP contribution >= 0.6 is 0 Å². The van der Waals surface area contributed by atoms with Gasteiger partial charge in [-0.3, -0.25) is 4.79 Å². The fraction of sp³-hybridized carbons (Fsp3) is 0.417. The van der Waals surface area contributed by atoms with E-state index in [1.165, 1.54) is 7.11 Å². The Morgan fingerprint density at radius 3 is 2.78 bits per heavy atom. The monoisotopic (exact) mass is 252 g/mol. The van der Waals surface area contributed by atoms with Crippen molar-refractivity contribution in [2.75, 3.05) is 25.6 Å². The highest BCUT2D eigenvalue weighted by Crippen LogP contribution is 2.17. The zero-order chi connectivity index (χ0) is 13.7. The van der Waals surface area contributed by atoms with Crippen molar-refractivity contribution < 1.29 is 19.4 Å². The summed E-state index contributed by atoms with van der Waals surface area (Å²) in [5, 5.41) is 8.86. The van der Waals surface area contributed by atoms with E-state index >= 15 is 0 Å². The van der Waals surface area contributed by atoms with E-state index in [4.69, 9.17) is 5.11 Å². The van der Waals surface area contributed by atoms with Gasteiger partial charge in [-0.15, -0.1) is 0 Å². The molecule has 1 aromatic heterocycles. The number of hydrogen-bond donors (Lipinski definition) is 1. The van der Waals surface area contributed by atoms with Crippen LogP contribution in [0.5, 0.6) is 0 Å². The number of carbonyl (C=O) groups excluding carboxylic acids is 1. The second kappa shape index (κ2) is 6.00. The fourth-order valence-electron chi connectivity index (χ4n) is 1.55. The quantitative estimate of drug-likeness (QED) is 0.788. The molecule has 1 aromatic rings. The average molecular weight is 252 g/mol. The van der Waals surface area contributed by atoms with Crippen LogP contribution < -0.4 is 4.90 Å². The number of ether oxygens (including phenoxy) is 1. The third kappa shape index (κ3) is 3.19. The molecule has 98 valence electrons. The molecule has 0 saturated carbocycles. The standard InChI is InChI=1S/C12H16N2O4/c1-8(11(15)16)7-14(2)10-9(12(17)18-3)5-4-6-13-10/h4-6,8H,7H2,1-3H3,(H,15,16). The van der Waals surface area contributed by atoms with Gasteiger partial charge in [-0.1, -0.05) is 6.92 Å². The van der Waals surface area contributed by atoms with Crippen LogP contribution in [0.2, 0.25) is 0 Å². The molecule has 0 aliphatic rings. The van der Waals surface area contributed by atoms with E-state index in [1.807, 2.05) is 0 Å². The molecule has 0 amide bonds. The van der Waals surface area contributed by atoms with E-state index in [-0.39, 0.29) is 6.54 Å². The molecule has 0 radical (unpaired) electrons. The number of carboxylic acid groups (broad SMARTS) is 1. The van der Waals surface area contributed by atoms with Crippen LogP contribution in [0, 0.1) is 5.92 Å². The summed E-state index contributed by atoms with van der Waals surface area (Å²) < 4.78 is 4.66. The highest BCUT2D eigenvalue weighted by Gasteiger charge is 2.19. The Balaban J connectivity index is 2.95. The summed E-state index contributed by atoms with van der Waals surface area (Å²) in [6.07, 6.45) is 1.55. The summed E-state index contributed by atoms with van der Waals surface area (Å²) in [7, 11) is 2.98. The van der Waals surface area contributed by atoms with Gasteiger partial charge in [-0.05, 0) is 12.1 Å². The van der Waals surface area contributed by atoms with Crippen molar-refractivity contribution in [2.24, 2.45) is 5.92 Å². The first-order valence-corrected chi connectivity index (χ1v) is 5.44. The van der Waals surface area contributed by atoms with Gasteiger partial charge in [0, 0.05) is 19.8 Å². The third-order valence-electron chi connectivity index (χ3n) is 2.52. The van der Waals surface area contributed by atoms with Gasteiger partial charge in [0.1, 0.15) is 11.4 Å². The van der Waals surface area contributed by atoms with Crippen LogP contribution in [0.3, 0.4) is 0 Å². The van der Waals surface area contributed by atoms with Crippen molar-refractivity contribution in [1.29, 1.82) is 0 Å². The first-order chi connectivity index (χ1) is 8.47. The molecule has 1 N–H and O–H groups in total. The van der Waals surface area contributed by atoms with Gasteiger partial charge in [-0.25, -0.2) is 9.78 Å². The van der Waals surface area contributed by atoms with Crippen LogP contribution in [0.1, 0.15) is 17.3 Å². The molecular formula is C12H16N2O4. The van der Waals surface area contributed by atoms with Crippen molar-refractivity contribution in [3.63, 3.8) is 0 Å². The summed E-state index contributed by atoms with van der Waals surface area (Å²) in [4.78, 5) is 28.1. The molecule has 0 fully saturated rings. The zero-order valence-electron chi connectivity index (χ0n) is 10.6. The number of aliphatic carboxylic acids is 1. The third-order valence-corrected chi connectivity index (χ3v) is 2.52. The van der Waals surface area contributed by atoms with E-state index in [1.54, 1.807) is 37.2 Å². The molecule has 1 atom stereocenters. The maximum Gasteiger partial charge on any atom is 0.341 e. The van der Waals surface area contributed by atoms with Crippen molar-refractivity contribution in [3.8, 4) is 0 Å². The molecular weight excluding hydrogens is 236 g/mol. The molecule has 1 heterocycles. The normalized spacial score (nSPS) is 11.7. The molecule has 0 saturated heterocycles. The molecule has 6 nitrogen and oxygen atoms in total. The summed E-state index contributed by atoms with van der Waals surface area (Å²) in [5.41, 5.74) is 0.320. The molecule has 0 spiro atoms. The summed E-state index contributed by atoms with van der Waals surface area (Å²) in [6.45, 7) is 1.86. The first-order valence-electron chi connectivity index (χ1n) is 5.44.